The van der Waals surface area contributed by atoms with Crippen molar-refractivity contribution < 1.29 is 4.79 Å². The number of nitrogen functional groups attached to an aromatic ring is 1. The molecule has 1 heterocycles. The molecule has 1 aliphatic rings. The standard InChI is InChI=1S/C16H23ClN2O/c1-11(2)10-16(5-7-19-8-6-16)15(20)12-3-4-14(18)13(17)9-12/h3-4,9,11,19H,5-8,10,18H2,1-2H3. The molecule has 1 aliphatic heterocycles. The van der Waals surface area contributed by atoms with Crippen LogP contribution in [-0.4, -0.2) is 18.9 Å². The Morgan fingerprint density at radius 3 is 2.60 bits per heavy atom. The van der Waals surface area contributed by atoms with Gasteiger partial charge in [-0.05, 0) is 56.5 Å². The highest BCUT2D eigenvalue weighted by molar-refractivity contribution is 6.33. The molecule has 110 valence electrons. The monoisotopic (exact) mass is 294 g/mol. The Balaban J connectivity index is 2.32. The molecule has 1 aromatic carbocycles. The van der Waals surface area contributed by atoms with Crippen LogP contribution in [0, 0.1) is 11.3 Å². The van der Waals surface area contributed by atoms with Crippen molar-refractivity contribution in [3.05, 3.63) is 28.8 Å². The van der Waals surface area contributed by atoms with E-state index < -0.39 is 0 Å². The maximum absolute atomic E-state index is 13.0. The molecule has 0 unspecified atom stereocenters. The van der Waals surface area contributed by atoms with E-state index in [0.717, 1.165) is 32.4 Å². The normalized spacial score (nSPS) is 18.2. The molecular formula is C16H23ClN2O. The molecule has 3 N–H and O–H groups in total. The number of halogens is 1. The summed E-state index contributed by atoms with van der Waals surface area (Å²) in [5, 5.41) is 3.80. The van der Waals surface area contributed by atoms with Gasteiger partial charge in [0.1, 0.15) is 0 Å². The summed E-state index contributed by atoms with van der Waals surface area (Å²) in [4.78, 5) is 13.0. The largest absolute Gasteiger partial charge is 0.398 e. The molecule has 0 aromatic heterocycles. The number of nitrogens with two attached hydrogens (primary N) is 1. The van der Waals surface area contributed by atoms with Gasteiger partial charge in [0, 0.05) is 11.0 Å². The van der Waals surface area contributed by atoms with Crippen molar-refractivity contribution in [2.24, 2.45) is 11.3 Å². The lowest BCUT2D eigenvalue weighted by Crippen LogP contribution is -2.43. The molecule has 1 saturated heterocycles. The lowest BCUT2D eigenvalue weighted by molar-refractivity contribution is 0.0674. The second kappa shape index (κ2) is 6.15. The van der Waals surface area contributed by atoms with E-state index in [1.54, 1.807) is 18.2 Å². The SMILES string of the molecule is CC(C)CC1(C(=O)c2ccc(N)c(Cl)c2)CCNCC1. The maximum Gasteiger partial charge on any atom is 0.169 e. The van der Waals surface area contributed by atoms with E-state index in [9.17, 15) is 4.79 Å². The van der Waals surface area contributed by atoms with Gasteiger partial charge in [-0.15, -0.1) is 0 Å². The molecule has 2 rings (SSSR count). The first-order valence-corrected chi connectivity index (χ1v) is 7.63. The third-order valence-corrected chi connectivity index (χ3v) is 4.43. The van der Waals surface area contributed by atoms with Crippen molar-refractivity contribution in [3.63, 3.8) is 0 Å². The van der Waals surface area contributed by atoms with Crippen molar-refractivity contribution in [1.82, 2.24) is 5.32 Å². The minimum atomic E-state index is -0.251. The molecule has 0 amide bonds. The molecule has 3 nitrogen and oxygen atoms in total. The predicted octanol–water partition coefficient (Wildman–Crippen LogP) is 3.52. The number of ketones is 1. The summed E-state index contributed by atoms with van der Waals surface area (Å²) >= 11 is 6.06. The highest BCUT2D eigenvalue weighted by atomic mass is 35.5. The number of hydrogen-bond acceptors (Lipinski definition) is 3. The lowest BCUT2D eigenvalue weighted by atomic mass is 9.68. The van der Waals surface area contributed by atoms with E-state index in [-0.39, 0.29) is 11.2 Å². The zero-order valence-corrected chi connectivity index (χ0v) is 13.0. The minimum absolute atomic E-state index is 0.217. The fourth-order valence-electron chi connectivity index (χ4n) is 3.19. The smallest absolute Gasteiger partial charge is 0.169 e. The lowest BCUT2D eigenvalue weighted by Gasteiger charge is -2.37. The van der Waals surface area contributed by atoms with Crippen LogP contribution in [0.5, 0.6) is 0 Å². The highest BCUT2D eigenvalue weighted by Crippen LogP contribution is 2.39. The van der Waals surface area contributed by atoms with Gasteiger partial charge in [-0.2, -0.15) is 0 Å². The fourth-order valence-corrected chi connectivity index (χ4v) is 3.37. The zero-order valence-electron chi connectivity index (χ0n) is 12.2. The van der Waals surface area contributed by atoms with Gasteiger partial charge < -0.3 is 11.1 Å². The van der Waals surface area contributed by atoms with Crippen LogP contribution in [0.1, 0.15) is 43.5 Å². The Kier molecular flexibility index (Phi) is 4.71. The number of hydrogen-bond donors (Lipinski definition) is 2. The first kappa shape index (κ1) is 15.3. The molecule has 1 aromatic rings. The van der Waals surface area contributed by atoms with E-state index >= 15 is 0 Å². The minimum Gasteiger partial charge on any atom is -0.398 e. The van der Waals surface area contributed by atoms with Crippen molar-refractivity contribution in [2.45, 2.75) is 33.1 Å². The summed E-state index contributed by atoms with van der Waals surface area (Å²) < 4.78 is 0. The molecule has 4 heteroatoms. The molecule has 20 heavy (non-hydrogen) atoms. The van der Waals surface area contributed by atoms with Crippen molar-refractivity contribution >= 4 is 23.1 Å². The van der Waals surface area contributed by atoms with Gasteiger partial charge in [0.15, 0.2) is 5.78 Å². The fraction of sp³-hybridized carbons (Fsp3) is 0.562. The van der Waals surface area contributed by atoms with Crippen LogP contribution in [0.25, 0.3) is 0 Å². The van der Waals surface area contributed by atoms with Gasteiger partial charge in [0.05, 0.1) is 10.7 Å². The number of nitrogens with one attached hydrogen (secondary N) is 1. The Morgan fingerprint density at radius 1 is 1.40 bits per heavy atom. The first-order valence-electron chi connectivity index (χ1n) is 7.25. The summed E-state index contributed by atoms with van der Waals surface area (Å²) in [5.41, 5.74) is 6.68. The Hall–Kier alpha value is -1.06. The predicted molar refractivity (Wildman–Crippen MR) is 84.2 cm³/mol. The van der Waals surface area contributed by atoms with E-state index in [1.807, 2.05) is 0 Å². The first-order chi connectivity index (χ1) is 9.44. The summed E-state index contributed by atoms with van der Waals surface area (Å²) in [7, 11) is 0. The molecule has 0 spiro atoms. The van der Waals surface area contributed by atoms with E-state index in [2.05, 4.69) is 19.2 Å². The second-order valence-corrected chi connectivity index (χ2v) is 6.60. The quantitative estimate of drug-likeness (QED) is 0.660. The van der Waals surface area contributed by atoms with Crippen LogP contribution in [0.15, 0.2) is 18.2 Å². The molecule has 0 aliphatic carbocycles. The van der Waals surface area contributed by atoms with Gasteiger partial charge in [0.25, 0.3) is 0 Å². The number of piperidine rings is 1. The van der Waals surface area contributed by atoms with Crippen LogP contribution in [0.4, 0.5) is 5.69 Å². The molecule has 0 atom stereocenters. The van der Waals surface area contributed by atoms with Gasteiger partial charge in [-0.25, -0.2) is 0 Å². The summed E-state index contributed by atoms with van der Waals surface area (Å²) in [6, 6.07) is 5.23. The second-order valence-electron chi connectivity index (χ2n) is 6.19. The Labute approximate surface area is 125 Å². The van der Waals surface area contributed by atoms with Crippen LogP contribution >= 0.6 is 11.6 Å². The van der Waals surface area contributed by atoms with Gasteiger partial charge in [-0.3, -0.25) is 4.79 Å². The number of anilines is 1. The van der Waals surface area contributed by atoms with Crippen LogP contribution in [-0.2, 0) is 0 Å². The molecule has 0 saturated carbocycles. The number of Topliss-reactive ketones (excluding diaryl/α,β-unsaturated/α-hetero) is 1. The van der Waals surface area contributed by atoms with Gasteiger partial charge in [-0.1, -0.05) is 25.4 Å². The molecular weight excluding hydrogens is 272 g/mol. The summed E-state index contributed by atoms with van der Waals surface area (Å²) in [5.74, 6) is 0.718. The summed E-state index contributed by atoms with van der Waals surface area (Å²) in [6.45, 7) is 6.16. The average molecular weight is 295 g/mol. The third kappa shape index (κ3) is 3.15. The van der Waals surface area contributed by atoms with Gasteiger partial charge >= 0.3 is 0 Å². The zero-order chi connectivity index (χ0) is 14.8. The van der Waals surface area contributed by atoms with Crippen molar-refractivity contribution in [3.8, 4) is 0 Å². The average Bonchev–Trinajstić information content (AvgIpc) is 2.41. The van der Waals surface area contributed by atoms with E-state index in [4.69, 9.17) is 17.3 Å². The van der Waals surface area contributed by atoms with Crippen LogP contribution in [0.2, 0.25) is 5.02 Å². The van der Waals surface area contributed by atoms with Crippen LogP contribution in [0.3, 0.4) is 0 Å². The third-order valence-electron chi connectivity index (χ3n) is 4.10. The number of carbonyl (C=O) groups excluding carboxylic acids is 1. The van der Waals surface area contributed by atoms with Crippen LogP contribution < -0.4 is 11.1 Å². The van der Waals surface area contributed by atoms with E-state index in [0.29, 0.717) is 22.2 Å². The number of carbonyl (C=O) groups is 1. The number of rotatable bonds is 4. The summed E-state index contributed by atoms with van der Waals surface area (Å²) in [6.07, 6.45) is 2.72. The van der Waals surface area contributed by atoms with Crippen molar-refractivity contribution in [2.75, 3.05) is 18.8 Å². The highest BCUT2D eigenvalue weighted by Gasteiger charge is 2.40. The molecule has 0 radical (unpaired) electrons. The number of benzene rings is 1. The Morgan fingerprint density at radius 2 is 2.05 bits per heavy atom. The van der Waals surface area contributed by atoms with Crippen molar-refractivity contribution in [1.29, 1.82) is 0 Å². The maximum atomic E-state index is 13.0. The van der Waals surface area contributed by atoms with Gasteiger partial charge in [0.2, 0.25) is 0 Å². The molecule has 0 bridgehead atoms. The van der Waals surface area contributed by atoms with E-state index in [1.165, 1.54) is 0 Å². The topological polar surface area (TPSA) is 55.1 Å². The molecule has 1 fully saturated rings. The Bertz CT molecular complexity index is 493.